The molecule has 1 amide bonds. The zero-order valence-electron chi connectivity index (χ0n) is 9.72. The summed E-state index contributed by atoms with van der Waals surface area (Å²) in [6, 6.07) is 4.04. The van der Waals surface area contributed by atoms with Gasteiger partial charge in [0.1, 0.15) is 5.02 Å². The molecule has 7 heteroatoms. The Morgan fingerprint density at radius 3 is 2.83 bits per heavy atom. The van der Waals surface area contributed by atoms with Crippen molar-refractivity contribution in [1.82, 2.24) is 5.32 Å². The highest BCUT2D eigenvalue weighted by atomic mass is 35.5. The van der Waals surface area contributed by atoms with Gasteiger partial charge in [-0.3, -0.25) is 14.9 Å². The zero-order valence-corrected chi connectivity index (χ0v) is 10.5. The first-order valence-electron chi connectivity index (χ1n) is 5.32. The maximum Gasteiger partial charge on any atom is 0.288 e. The third-order valence-corrected chi connectivity index (χ3v) is 2.66. The van der Waals surface area contributed by atoms with E-state index in [-0.39, 0.29) is 22.8 Å². The van der Waals surface area contributed by atoms with Gasteiger partial charge < -0.3 is 10.4 Å². The fraction of sp³-hybridized carbons (Fsp3) is 0.364. The van der Waals surface area contributed by atoms with Gasteiger partial charge in [-0.05, 0) is 19.4 Å². The van der Waals surface area contributed by atoms with Gasteiger partial charge in [-0.1, -0.05) is 17.7 Å². The molecule has 0 radical (unpaired) electrons. The summed E-state index contributed by atoms with van der Waals surface area (Å²) in [7, 11) is 0. The molecule has 0 aliphatic rings. The molecular weight excluding hydrogens is 260 g/mol. The van der Waals surface area contributed by atoms with Crippen LogP contribution in [-0.2, 0) is 0 Å². The summed E-state index contributed by atoms with van der Waals surface area (Å²) < 4.78 is 0. The van der Waals surface area contributed by atoms with Crippen LogP contribution < -0.4 is 5.32 Å². The summed E-state index contributed by atoms with van der Waals surface area (Å²) in [5.74, 6) is -0.496. The number of amides is 1. The summed E-state index contributed by atoms with van der Waals surface area (Å²) >= 11 is 5.79. The molecule has 98 valence electrons. The normalized spacial score (nSPS) is 11.9. The van der Waals surface area contributed by atoms with Gasteiger partial charge in [-0.25, -0.2) is 0 Å². The molecule has 0 aliphatic heterocycles. The van der Waals surface area contributed by atoms with Gasteiger partial charge >= 0.3 is 0 Å². The fourth-order valence-electron chi connectivity index (χ4n) is 1.33. The van der Waals surface area contributed by atoms with E-state index in [1.165, 1.54) is 18.2 Å². The maximum atomic E-state index is 11.7. The zero-order chi connectivity index (χ0) is 13.7. The first-order chi connectivity index (χ1) is 8.43. The molecule has 0 fully saturated rings. The lowest BCUT2D eigenvalue weighted by Gasteiger charge is -2.08. The van der Waals surface area contributed by atoms with E-state index in [4.69, 9.17) is 16.7 Å². The monoisotopic (exact) mass is 272 g/mol. The van der Waals surface area contributed by atoms with Crippen LogP contribution >= 0.6 is 11.6 Å². The number of hydrogen-bond acceptors (Lipinski definition) is 4. The van der Waals surface area contributed by atoms with Crippen molar-refractivity contribution < 1.29 is 14.8 Å². The average Bonchev–Trinajstić information content (AvgIpc) is 2.28. The van der Waals surface area contributed by atoms with E-state index in [1.54, 1.807) is 6.92 Å². The van der Waals surface area contributed by atoms with Crippen molar-refractivity contribution in [3.05, 3.63) is 38.9 Å². The molecule has 1 aromatic carbocycles. The van der Waals surface area contributed by atoms with Gasteiger partial charge in [0.25, 0.3) is 11.6 Å². The molecule has 0 aromatic heterocycles. The third kappa shape index (κ3) is 3.68. The fourth-order valence-corrected chi connectivity index (χ4v) is 1.61. The molecule has 1 unspecified atom stereocenters. The van der Waals surface area contributed by atoms with Crippen molar-refractivity contribution in [3.63, 3.8) is 0 Å². The van der Waals surface area contributed by atoms with Gasteiger partial charge in [0, 0.05) is 12.6 Å². The van der Waals surface area contributed by atoms with E-state index in [9.17, 15) is 14.9 Å². The molecular formula is C11H13ClN2O4. The van der Waals surface area contributed by atoms with Crippen LogP contribution in [0, 0.1) is 10.1 Å². The number of carbonyl (C=O) groups is 1. The smallest absolute Gasteiger partial charge is 0.288 e. The van der Waals surface area contributed by atoms with Crippen LogP contribution in [0.2, 0.25) is 5.02 Å². The lowest BCUT2D eigenvalue weighted by molar-refractivity contribution is -0.384. The van der Waals surface area contributed by atoms with Crippen molar-refractivity contribution in [3.8, 4) is 0 Å². The Labute approximate surface area is 109 Å². The summed E-state index contributed by atoms with van der Waals surface area (Å²) in [4.78, 5) is 21.7. The van der Waals surface area contributed by atoms with Crippen LogP contribution in [-0.4, -0.2) is 28.6 Å². The molecule has 0 aliphatic carbocycles. The summed E-state index contributed by atoms with van der Waals surface area (Å²) in [5, 5.41) is 22.0. The van der Waals surface area contributed by atoms with Crippen molar-refractivity contribution in [2.24, 2.45) is 0 Å². The molecule has 18 heavy (non-hydrogen) atoms. The van der Waals surface area contributed by atoms with Gasteiger partial charge in [0.2, 0.25) is 0 Å². The van der Waals surface area contributed by atoms with Crippen molar-refractivity contribution in [1.29, 1.82) is 0 Å². The van der Waals surface area contributed by atoms with Crippen LogP contribution in [0.15, 0.2) is 18.2 Å². The van der Waals surface area contributed by atoms with Crippen LogP contribution in [0.25, 0.3) is 0 Å². The molecule has 0 saturated carbocycles. The number of hydrogen-bond donors (Lipinski definition) is 2. The molecule has 1 rings (SSSR count). The highest BCUT2D eigenvalue weighted by molar-refractivity contribution is 6.35. The minimum absolute atomic E-state index is 0.0523. The van der Waals surface area contributed by atoms with Gasteiger partial charge in [0.05, 0.1) is 16.6 Å². The minimum Gasteiger partial charge on any atom is -0.393 e. The van der Waals surface area contributed by atoms with E-state index < -0.39 is 16.9 Å². The van der Waals surface area contributed by atoms with Crippen molar-refractivity contribution in [2.75, 3.05) is 6.54 Å². The molecule has 1 atom stereocenters. The highest BCUT2D eigenvalue weighted by Gasteiger charge is 2.19. The number of carbonyl (C=O) groups excluding carboxylic acids is 1. The van der Waals surface area contributed by atoms with E-state index in [2.05, 4.69) is 5.32 Å². The quantitative estimate of drug-likeness (QED) is 0.631. The second kappa shape index (κ2) is 6.32. The lowest BCUT2D eigenvalue weighted by atomic mass is 10.2. The van der Waals surface area contributed by atoms with Crippen LogP contribution in [0.3, 0.4) is 0 Å². The Morgan fingerprint density at radius 1 is 1.61 bits per heavy atom. The van der Waals surface area contributed by atoms with Crippen molar-refractivity contribution in [2.45, 2.75) is 19.4 Å². The predicted molar refractivity (Wildman–Crippen MR) is 66.7 cm³/mol. The van der Waals surface area contributed by atoms with E-state index in [1.807, 2.05) is 0 Å². The van der Waals surface area contributed by atoms with Crippen LogP contribution in [0.1, 0.15) is 23.7 Å². The number of benzene rings is 1. The second-order valence-electron chi connectivity index (χ2n) is 3.79. The van der Waals surface area contributed by atoms with Gasteiger partial charge in [-0.2, -0.15) is 0 Å². The number of halogens is 1. The second-order valence-corrected chi connectivity index (χ2v) is 4.17. The predicted octanol–water partition coefficient (Wildman–Crippen LogP) is 1.75. The topological polar surface area (TPSA) is 92.5 Å². The first kappa shape index (κ1) is 14.4. The first-order valence-corrected chi connectivity index (χ1v) is 5.70. The summed E-state index contributed by atoms with van der Waals surface area (Å²) in [5.41, 5.74) is -0.253. The van der Waals surface area contributed by atoms with E-state index >= 15 is 0 Å². The van der Waals surface area contributed by atoms with E-state index in [0.29, 0.717) is 6.42 Å². The van der Waals surface area contributed by atoms with E-state index in [0.717, 1.165) is 0 Å². The Balaban J connectivity index is 2.80. The van der Waals surface area contributed by atoms with Gasteiger partial charge in [-0.15, -0.1) is 0 Å². The van der Waals surface area contributed by atoms with Crippen LogP contribution in [0.4, 0.5) is 5.69 Å². The SMILES string of the molecule is CC(O)CCNC(=O)c1cccc([N+](=O)[O-])c1Cl. The Morgan fingerprint density at radius 2 is 2.28 bits per heavy atom. The summed E-state index contributed by atoms with van der Waals surface area (Å²) in [6.45, 7) is 1.88. The molecule has 0 spiro atoms. The average molecular weight is 273 g/mol. The van der Waals surface area contributed by atoms with Crippen molar-refractivity contribution >= 4 is 23.2 Å². The molecule has 1 aromatic rings. The van der Waals surface area contributed by atoms with Crippen LogP contribution in [0.5, 0.6) is 0 Å². The molecule has 0 heterocycles. The van der Waals surface area contributed by atoms with Gasteiger partial charge in [0.15, 0.2) is 0 Å². The number of rotatable bonds is 5. The number of aliphatic hydroxyl groups excluding tert-OH is 1. The third-order valence-electron chi connectivity index (χ3n) is 2.27. The summed E-state index contributed by atoms with van der Waals surface area (Å²) in [6.07, 6.45) is -0.121. The molecule has 2 N–H and O–H groups in total. The maximum absolute atomic E-state index is 11.7. The number of nitro groups is 1. The molecule has 0 saturated heterocycles. The Hall–Kier alpha value is -1.66. The molecule has 6 nitrogen and oxygen atoms in total. The standard InChI is InChI=1S/C11H13ClN2O4/c1-7(15)5-6-13-11(16)8-3-2-4-9(10(8)12)14(17)18/h2-4,7,15H,5-6H2,1H3,(H,13,16). The lowest BCUT2D eigenvalue weighted by Crippen LogP contribution is -2.26. The Bertz CT molecular complexity index is 462. The Kier molecular flexibility index (Phi) is 5.06. The highest BCUT2D eigenvalue weighted by Crippen LogP contribution is 2.27. The minimum atomic E-state index is -0.644. The number of nitrogens with zero attached hydrogens (tertiary/aromatic N) is 1. The number of nitrogens with one attached hydrogen (secondary N) is 1. The largest absolute Gasteiger partial charge is 0.393 e. The molecule has 0 bridgehead atoms. The number of aliphatic hydroxyl groups is 1. The number of nitro benzene ring substituents is 1.